The van der Waals surface area contributed by atoms with Crippen LogP contribution < -0.4 is 0 Å². The normalized spacial score (nSPS) is 54.8. The first-order valence-corrected chi connectivity index (χ1v) is 10.7. The highest BCUT2D eigenvalue weighted by Crippen LogP contribution is 2.64. The number of fused-ring (bicyclic) bond motifs is 3. The summed E-state index contributed by atoms with van der Waals surface area (Å²) in [5.74, 6) is 1.74. The van der Waals surface area contributed by atoms with Crippen LogP contribution in [0.3, 0.4) is 0 Å². The van der Waals surface area contributed by atoms with Crippen LogP contribution in [0.5, 0.6) is 0 Å². The minimum atomic E-state index is -0.0867. The molecule has 4 nitrogen and oxygen atoms in total. The Balaban J connectivity index is 1.42. The largest absolute Gasteiger partial charge is 0.291 e. The zero-order chi connectivity index (χ0) is 17.7. The van der Waals surface area contributed by atoms with E-state index in [1.165, 1.54) is 0 Å². The van der Waals surface area contributed by atoms with Crippen molar-refractivity contribution in [3.8, 4) is 0 Å². The third-order valence-electron chi connectivity index (χ3n) is 9.49. The summed E-state index contributed by atoms with van der Waals surface area (Å²) < 4.78 is 0. The fourth-order valence-electron chi connectivity index (χ4n) is 8.81. The minimum Gasteiger partial charge on any atom is -0.291 e. The second-order valence-electron chi connectivity index (χ2n) is 10.0. The molecule has 6 fully saturated rings. The van der Waals surface area contributed by atoms with Crippen LogP contribution in [0.15, 0.2) is 0 Å². The van der Waals surface area contributed by atoms with Gasteiger partial charge in [-0.15, -0.1) is 0 Å². The van der Waals surface area contributed by atoms with Gasteiger partial charge in [0.05, 0.1) is 0 Å². The molecule has 6 aliphatic rings. The molecular formula is C22H26O4. The number of ketones is 4. The Hall–Kier alpha value is -1.32. The molecule has 6 rings (SSSR count). The third kappa shape index (κ3) is 1.72. The first-order valence-electron chi connectivity index (χ1n) is 10.7. The SMILES string of the molecule is O=C1C(=O)C2CC3C(CC4C(=O)C(=O)C5CCCC3C54)C3CCCC1C23. The van der Waals surface area contributed by atoms with Crippen LogP contribution in [0.4, 0.5) is 0 Å². The lowest BCUT2D eigenvalue weighted by Crippen LogP contribution is -2.52. The van der Waals surface area contributed by atoms with Crippen molar-refractivity contribution in [3.63, 3.8) is 0 Å². The highest BCUT2D eigenvalue weighted by Gasteiger charge is 2.65. The van der Waals surface area contributed by atoms with E-state index in [1.54, 1.807) is 0 Å². The van der Waals surface area contributed by atoms with Crippen molar-refractivity contribution in [1.29, 1.82) is 0 Å². The molecule has 0 amide bonds. The van der Waals surface area contributed by atoms with Crippen LogP contribution in [-0.2, 0) is 19.2 Å². The number of rotatable bonds is 0. The molecule has 0 bridgehead atoms. The molecule has 6 saturated carbocycles. The van der Waals surface area contributed by atoms with E-state index in [0.29, 0.717) is 23.7 Å². The summed E-state index contributed by atoms with van der Waals surface area (Å²) in [4.78, 5) is 50.5. The summed E-state index contributed by atoms with van der Waals surface area (Å²) in [5.41, 5.74) is 0. The summed E-state index contributed by atoms with van der Waals surface area (Å²) in [6.45, 7) is 0. The molecule has 0 aromatic rings. The lowest BCUT2D eigenvalue weighted by molar-refractivity contribution is -0.139. The maximum absolute atomic E-state index is 12.7. The number of carbonyl (C=O) groups excluding carboxylic acids is 4. The molecule has 0 heterocycles. The first kappa shape index (κ1) is 15.7. The second kappa shape index (κ2) is 5.14. The molecule has 0 saturated heterocycles. The van der Waals surface area contributed by atoms with Gasteiger partial charge < -0.3 is 0 Å². The van der Waals surface area contributed by atoms with Gasteiger partial charge in [0.2, 0.25) is 23.1 Å². The first-order chi connectivity index (χ1) is 12.6. The monoisotopic (exact) mass is 354 g/mol. The van der Waals surface area contributed by atoms with Crippen LogP contribution in [0.1, 0.15) is 51.4 Å². The Morgan fingerprint density at radius 1 is 0.462 bits per heavy atom. The molecule has 0 N–H and O–H groups in total. The maximum atomic E-state index is 12.7. The molecule has 6 aliphatic carbocycles. The summed E-state index contributed by atoms with van der Waals surface area (Å²) in [6.07, 6.45) is 7.77. The number of carbonyl (C=O) groups is 4. The third-order valence-corrected chi connectivity index (χ3v) is 9.49. The summed E-state index contributed by atoms with van der Waals surface area (Å²) in [6, 6.07) is 0. The van der Waals surface area contributed by atoms with E-state index >= 15 is 0 Å². The fraction of sp³-hybridized carbons (Fsp3) is 0.818. The van der Waals surface area contributed by atoms with Crippen LogP contribution in [0.2, 0.25) is 0 Å². The van der Waals surface area contributed by atoms with E-state index in [2.05, 4.69) is 0 Å². The summed E-state index contributed by atoms with van der Waals surface area (Å²) in [5, 5.41) is 0. The molecule has 26 heavy (non-hydrogen) atoms. The van der Waals surface area contributed by atoms with Gasteiger partial charge in [-0.3, -0.25) is 19.2 Å². The number of hydrogen-bond acceptors (Lipinski definition) is 4. The van der Waals surface area contributed by atoms with Crippen molar-refractivity contribution in [2.75, 3.05) is 0 Å². The van der Waals surface area contributed by atoms with E-state index in [9.17, 15) is 19.2 Å². The molecular weight excluding hydrogens is 328 g/mol. The average Bonchev–Trinajstić information content (AvgIpc) is 3.06. The van der Waals surface area contributed by atoms with Crippen LogP contribution in [-0.4, -0.2) is 23.1 Å². The molecule has 0 radical (unpaired) electrons. The average molecular weight is 354 g/mol. The zero-order valence-corrected chi connectivity index (χ0v) is 15.1. The zero-order valence-electron chi connectivity index (χ0n) is 15.1. The van der Waals surface area contributed by atoms with E-state index in [4.69, 9.17) is 0 Å². The number of hydrogen-bond donors (Lipinski definition) is 0. The van der Waals surface area contributed by atoms with Gasteiger partial charge in [-0.1, -0.05) is 12.8 Å². The Kier molecular flexibility index (Phi) is 3.11. The van der Waals surface area contributed by atoms with Crippen molar-refractivity contribution >= 4 is 23.1 Å². The lowest BCUT2D eigenvalue weighted by Gasteiger charge is -2.56. The predicted octanol–water partition coefficient (Wildman–Crippen LogP) is 2.63. The Labute approximate surface area is 153 Å². The van der Waals surface area contributed by atoms with Crippen LogP contribution in [0, 0.1) is 59.2 Å². The predicted molar refractivity (Wildman–Crippen MR) is 91.9 cm³/mol. The van der Waals surface area contributed by atoms with Gasteiger partial charge in [-0.05, 0) is 74.0 Å². The van der Waals surface area contributed by atoms with Crippen molar-refractivity contribution in [3.05, 3.63) is 0 Å². The Morgan fingerprint density at radius 2 is 0.846 bits per heavy atom. The van der Waals surface area contributed by atoms with Gasteiger partial charge in [0.15, 0.2) is 0 Å². The van der Waals surface area contributed by atoms with Crippen LogP contribution >= 0.6 is 0 Å². The molecule has 10 unspecified atom stereocenters. The quantitative estimate of drug-likeness (QED) is 0.627. The van der Waals surface area contributed by atoms with Gasteiger partial charge in [0.25, 0.3) is 0 Å². The molecule has 0 aliphatic heterocycles. The van der Waals surface area contributed by atoms with Crippen molar-refractivity contribution < 1.29 is 19.2 Å². The van der Waals surface area contributed by atoms with E-state index < -0.39 is 0 Å². The standard InChI is InChI=1S/C22H26O4/c23-19-11-5-1-3-9-13-7-16-18-10(4-2-6-12(18)20(24)22(16)26)14(13)8-15(17(9)11)21(19)25/h9-18H,1-8H2. The topological polar surface area (TPSA) is 68.3 Å². The smallest absolute Gasteiger partial charge is 0.202 e. The van der Waals surface area contributed by atoms with E-state index in [0.717, 1.165) is 51.4 Å². The second-order valence-corrected chi connectivity index (χ2v) is 10.0. The van der Waals surface area contributed by atoms with Gasteiger partial charge in [-0.25, -0.2) is 0 Å². The van der Waals surface area contributed by atoms with Gasteiger partial charge in [-0.2, -0.15) is 0 Å². The highest BCUT2D eigenvalue weighted by molar-refractivity contribution is 6.41. The molecule has 0 spiro atoms. The molecule has 138 valence electrons. The molecule has 10 atom stereocenters. The fourth-order valence-corrected chi connectivity index (χ4v) is 8.81. The van der Waals surface area contributed by atoms with Gasteiger partial charge in [0, 0.05) is 23.7 Å². The van der Waals surface area contributed by atoms with Crippen molar-refractivity contribution in [2.24, 2.45) is 59.2 Å². The Bertz CT molecular complexity index is 676. The minimum absolute atomic E-state index is 0.0371. The molecule has 0 aromatic heterocycles. The van der Waals surface area contributed by atoms with Gasteiger partial charge >= 0.3 is 0 Å². The van der Waals surface area contributed by atoms with Crippen LogP contribution in [0.25, 0.3) is 0 Å². The van der Waals surface area contributed by atoms with Gasteiger partial charge in [0.1, 0.15) is 0 Å². The van der Waals surface area contributed by atoms with E-state index in [1.807, 2.05) is 0 Å². The highest BCUT2D eigenvalue weighted by atomic mass is 16.2. The van der Waals surface area contributed by atoms with Crippen molar-refractivity contribution in [2.45, 2.75) is 51.4 Å². The number of Topliss-reactive ketones (excluding diaryl/α,β-unsaturated/α-hetero) is 4. The maximum Gasteiger partial charge on any atom is 0.202 e. The summed E-state index contributed by atoms with van der Waals surface area (Å²) in [7, 11) is 0. The van der Waals surface area contributed by atoms with E-state index in [-0.39, 0.29) is 58.6 Å². The molecule has 0 aromatic carbocycles. The molecule has 4 heteroatoms. The summed E-state index contributed by atoms with van der Waals surface area (Å²) >= 11 is 0. The lowest BCUT2D eigenvalue weighted by atomic mass is 9.47. The Morgan fingerprint density at radius 3 is 1.27 bits per heavy atom. The van der Waals surface area contributed by atoms with Crippen molar-refractivity contribution in [1.82, 2.24) is 0 Å².